The molecule has 7 nitrogen and oxygen atoms in total. The fraction of sp³-hybridized carbons (Fsp3) is 0.150. The number of aromatic amines is 1. The average molecular weight is 363 g/mol. The van der Waals surface area contributed by atoms with E-state index in [1.165, 1.54) is 7.11 Å². The Morgan fingerprint density at radius 3 is 2.74 bits per heavy atom. The molecule has 27 heavy (non-hydrogen) atoms. The number of ether oxygens (including phenoxy) is 2. The molecule has 0 fully saturated rings. The lowest BCUT2D eigenvalue weighted by Gasteiger charge is -2.16. The van der Waals surface area contributed by atoms with Crippen LogP contribution < -0.4 is 10.3 Å². The molecular formula is C20H17N3O4. The molecule has 4 rings (SSSR count). The Bertz CT molecular complexity index is 1180. The fourth-order valence-corrected chi connectivity index (χ4v) is 3.29. The van der Waals surface area contributed by atoms with Crippen LogP contribution in [-0.2, 0) is 11.3 Å². The number of carbonyl (C=O) groups excluding carboxylic acids is 1. The van der Waals surface area contributed by atoms with Gasteiger partial charge in [0.25, 0.3) is 5.56 Å². The predicted octanol–water partition coefficient (Wildman–Crippen LogP) is 2.67. The number of benzene rings is 2. The second-order valence-corrected chi connectivity index (χ2v) is 6.12. The number of nitrogens with zero attached hydrogens (tertiary/aromatic N) is 2. The van der Waals surface area contributed by atoms with Crippen LogP contribution >= 0.6 is 0 Å². The van der Waals surface area contributed by atoms with Gasteiger partial charge in [-0.3, -0.25) is 4.79 Å². The first kappa shape index (κ1) is 16.8. The third kappa shape index (κ3) is 2.83. The Morgan fingerprint density at radius 2 is 1.96 bits per heavy atom. The van der Waals surface area contributed by atoms with Crippen LogP contribution in [-0.4, -0.2) is 35.0 Å². The van der Waals surface area contributed by atoms with E-state index in [2.05, 4.69) is 10.2 Å². The number of rotatable bonds is 4. The second kappa shape index (κ2) is 6.60. The molecule has 0 atom stereocenters. The lowest BCUT2D eigenvalue weighted by molar-refractivity contribution is 0.0600. The summed E-state index contributed by atoms with van der Waals surface area (Å²) < 4.78 is 12.2. The second-order valence-electron chi connectivity index (χ2n) is 6.12. The summed E-state index contributed by atoms with van der Waals surface area (Å²) in [7, 11) is 2.91. The van der Waals surface area contributed by atoms with E-state index in [-0.39, 0.29) is 11.1 Å². The van der Waals surface area contributed by atoms with Gasteiger partial charge in [0.15, 0.2) is 0 Å². The maximum Gasteiger partial charge on any atom is 0.341 e. The molecule has 1 N–H and O–H groups in total. The summed E-state index contributed by atoms with van der Waals surface area (Å²) in [5.41, 5.74) is 1.46. The van der Waals surface area contributed by atoms with Crippen LogP contribution in [0.25, 0.3) is 22.0 Å². The summed E-state index contributed by atoms with van der Waals surface area (Å²) in [6.07, 6.45) is 3.31. The minimum atomic E-state index is -0.550. The molecule has 2 aromatic carbocycles. The molecule has 136 valence electrons. The third-order valence-electron chi connectivity index (χ3n) is 4.58. The number of fused-ring (bicyclic) bond motifs is 2. The first-order chi connectivity index (χ1) is 13.1. The SMILES string of the molecule is COC(=O)c1cn(Cc2c(OC)ccc3ccccc23)cc2c(=O)[nH]nc1-2. The van der Waals surface area contributed by atoms with Gasteiger partial charge in [0.1, 0.15) is 17.0 Å². The summed E-state index contributed by atoms with van der Waals surface area (Å²) in [5, 5.41) is 8.45. The van der Waals surface area contributed by atoms with Crippen LogP contribution in [0.15, 0.2) is 53.6 Å². The number of carbonyl (C=O) groups is 1. The standard InChI is InChI=1S/C20H17N3O4/c1-26-17-8-7-12-5-3-4-6-13(12)14(17)9-23-10-15-18(21-22-19(15)24)16(11-23)20(25)27-2/h3-8,10-11H,9H2,1-2H3,(H,22,24). The van der Waals surface area contributed by atoms with Crippen LogP contribution in [0.3, 0.4) is 0 Å². The molecule has 0 unspecified atom stereocenters. The quantitative estimate of drug-likeness (QED) is 0.564. The molecule has 0 aliphatic carbocycles. The third-order valence-corrected chi connectivity index (χ3v) is 4.58. The van der Waals surface area contributed by atoms with Crippen LogP contribution in [0.5, 0.6) is 5.75 Å². The van der Waals surface area contributed by atoms with E-state index < -0.39 is 5.97 Å². The van der Waals surface area contributed by atoms with Gasteiger partial charge in [0, 0.05) is 18.0 Å². The molecule has 2 heterocycles. The molecule has 0 saturated heterocycles. The van der Waals surface area contributed by atoms with E-state index in [0.29, 0.717) is 17.8 Å². The fourth-order valence-electron chi connectivity index (χ4n) is 3.29. The van der Waals surface area contributed by atoms with Crippen molar-refractivity contribution in [2.24, 2.45) is 0 Å². The van der Waals surface area contributed by atoms with Crippen molar-refractivity contribution in [3.63, 3.8) is 0 Å². The van der Waals surface area contributed by atoms with E-state index in [9.17, 15) is 9.59 Å². The van der Waals surface area contributed by atoms with Gasteiger partial charge < -0.3 is 14.0 Å². The van der Waals surface area contributed by atoms with E-state index >= 15 is 0 Å². The number of pyridine rings is 1. The topological polar surface area (TPSA) is 86.2 Å². The predicted molar refractivity (Wildman–Crippen MR) is 100 cm³/mol. The van der Waals surface area contributed by atoms with E-state index in [0.717, 1.165) is 22.1 Å². The summed E-state index contributed by atoms with van der Waals surface area (Å²) in [6.45, 7) is 0.412. The zero-order chi connectivity index (χ0) is 19.0. The van der Waals surface area contributed by atoms with E-state index in [4.69, 9.17) is 9.47 Å². The van der Waals surface area contributed by atoms with Gasteiger partial charge in [0.05, 0.1) is 26.3 Å². The van der Waals surface area contributed by atoms with Gasteiger partial charge in [-0.15, -0.1) is 0 Å². The Balaban J connectivity index is 1.91. The number of H-pyrrole nitrogens is 1. The van der Waals surface area contributed by atoms with Crippen molar-refractivity contribution < 1.29 is 14.3 Å². The highest BCUT2D eigenvalue weighted by molar-refractivity contribution is 5.96. The Hall–Kier alpha value is -3.61. The minimum absolute atomic E-state index is 0.229. The zero-order valence-corrected chi connectivity index (χ0v) is 14.9. The summed E-state index contributed by atoms with van der Waals surface area (Å²) in [5.74, 6) is 0.182. The number of methoxy groups -OCH3 is 2. The number of aromatic nitrogens is 3. The van der Waals surface area contributed by atoms with Crippen LogP contribution in [0, 0.1) is 0 Å². The zero-order valence-electron chi connectivity index (χ0n) is 14.9. The van der Waals surface area contributed by atoms with Crippen LogP contribution in [0.4, 0.5) is 0 Å². The Kier molecular flexibility index (Phi) is 4.12. The van der Waals surface area contributed by atoms with E-state index in [1.807, 2.05) is 36.4 Å². The maximum absolute atomic E-state index is 12.2. The molecule has 0 bridgehead atoms. The van der Waals surface area contributed by atoms with Gasteiger partial charge >= 0.3 is 5.97 Å². The van der Waals surface area contributed by atoms with Gasteiger partial charge in [0.2, 0.25) is 0 Å². The molecule has 0 amide bonds. The average Bonchev–Trinajstić information content (AvgIpc) is 3.08. The Morgan fingerprint density at radius 1 is 1.15 bits per heavy atom. The normalized spacial score (nSPS) is 11.0. The smallest absolute Gasteiger partial charge is 0.341 e. The number of esters is 1. The molecule has 2 aliphatic rings. The van der Waals surface area contributed by atoms with Crippen molar-refractivity contribution in [3.05, 3.63) is 70.3 Å². The molecule has 0 aromatic heterocycles. The van der Waals surface area contributed by atoms with Crippen molar-refractivity contribution in [2.45, 2.75) is 6.54 Å². The minimum Gasteiger partial charge on any atom is -0.496 e. The summed E-state index contributed by atoms with van der Waals surface area (Å²) in [4.78, 5) is 24.2. The van der Waals surface area contributed by atoms with Gasteiger partial charge in [-0.25, -0.2) is 9.89 Å². The summed E-state index contributed by atoms with van der Waals surface area (Å²) >= 11 is 0. The molecule has 2 aromatic rings. The van der Waals surface area contributed by atoms with Crippen molar-refractivity contribution in [1.82, 2.24) is 14.8 Å². The highest BCUT2D eigenvalue weighted by Crippen LogP contribution is 2.30. The van der Waals surface area contributed by atoms with Crippen LogP contribution in [0.1, 0.15) is 15.9 Å². The van der Waals surface area contributed by atoms with Crippen molar-refractivity contribution in [1.29, 1.82) is 0 Å². The van der Waals surface area contributed by atoms with Gasteiger partial charge in [-0.05, 0) is 16.8 Å². The largest absolute Gasteiger partial charge is 0.496 e. The van der Waals surface area contributed by atoms with Gasteiger partial charge in [-0.2, -0.15) is 5.10 Å². The molecule has 7 heteroatoms. The molecular weight excluding hydrogens is 346 g/mol. The van der Waals surface area contributed by atoms with Crippen LogP contribution in [0.2, 0.25) is 0 Å². The van der Waals surface area contributed by atoms with E-state index in [1.54, 1.807) is 24.1 Å². The number of hydrogen-bond acceptors (Lipinski definition) is 5. The highest BCUT2D eigenvalue weighted by atomic mass is 16.5. The molecule has 0 spiro atoms. The van der Waals surface area contributed by atoms with Gasteiger partial charge in [-0.1, -0.05) is 30.3 Å². The molecule has 2 aliphatic heterocycles. The maximum atomic E-state index is 12.2. The lowest BCUT2D eigenvalue weighted by atomic mass is 10.0. The molecule has 0 radical (unpaired) electrons. The number of hydrogen-bond donors (Lipinski definition) is 1. The lowest BCUT2D eigenvalue weighted by Crippen LogP contribution is -2.13. The monoisotopic (exact) mass is 363 g/mol. The Labute approximate surface area is 154 Å². The summed E-state index contributed by atoms with van der Waals surface area (Å²) in [6, 6.07) is 11.9. The highest BCUT2D eigenvalue weighted by Gasteiger charge is 2.22. The first-order valence-corrected chi connectivity index (χ1v) is 8.33. The van der Waals surface area contributed by atoms with Crippen molar-refractivity contribution >= 4 is 16.7 Å². The van der Waals surface area contributed by atoms with Crippen molar-refractivity contribution in [2.75, 3.05) is 14.2 Å². The number of nitrogens with one attached hydrogen (secondary N) is 1. The first-order valence-electron chi connectivity index (χ1n) is 8.33. The molecule has 0 saturated carbocycles. The van der Waals surface area contributed by atoms with Crippen molar-refractivity contribution in [3.8, 4) is 17.0 Å².